The lowest BCUT2D eigenvalue weighted by Gasteiger charge is -2.14. The molecular weight excluding hydrogens is 278 g/mol. The van der Waals surface area contributed by atoms with E-state index in [2.05, 4.69) is 4.74 Å². The van der Waals surface area contributed by atoms with Crippen LogP contribution in [0.5, 0.6) is 0 Å². The third kappa shape index (κ3) is 8.51. The van der Waals surface area contributed by atoms with Crippen molar-refractivity contribution in [1.82, 2.24) is 4.72 Å². The van der Waals surface area contributed by atoms with Gasteiger partial charge in [0.15, 0.2) is 5.75 Å². The molecule has 0 rings (SSSR count). The van der Waals surface area contributed by atoms with E-state index >= 15 is 0 Å². The molecule has 112 valence electrons. The number of carbonyl (C=O) groups is 2. The lowest BCUT2D eigenvalue weighted by Crippen LogP contribution is -2.43. The van der Waals surface area contributed by atoms with Crippen LogP contribution in [0.15, 0.2) is 0 Å². The van der Waals surface area contributed by atoms with Crippen LogP contribution < -0.4 is 4.72 Å². The van der Waals surface area contributed by atoms with Crippen LogP contribution in [0.4, 0.5) is 0 Å². The first kappa shape index (κ1) is 17.8. The van der Waals surface area contributed by atoms with E-state index in [1.165, 1.54) is 7.11 Å². The minimum atomic E-state index is -4.03. The summed E-state index contributed by atoms with van der Waals surface area (Å²) in [5.41, 5.74) is 0. The van der Waals surface area contributed by atoms with Gasteiger partial charge in [0.1, 0.15) is 6.04 Å². The molecule has 0 aliphatic carbocycles. The van der Waals surface area contributed by atoms with Gasteiger partial charge in [-0.25, -0.2) is 13.1 Å². The number of carboxylic acid groups (broad SMARTS) is 1. The summed E-state index contributed by atoms with van der Waals surface area (Å²) in [6.07, 6.45) is 0.459. The highest BCUT2D eigenvalue weighted by Crippen LogP contribution is 2.01. The van der Waals surface area contributed by atoms with E-state index in [-0.39, 0.29) is 13.0 Å². The van der Waals surface area contributed by atoms with Gasteiger partial charge in [0.25, 0.3) is 0 Å². The van der Waals surface area contributed by atoms with Crippen LogP contribution >= 0.6 is 0 Å². The number of rotatable bonds is 10. The normalized spacial score (nSPS) is 12.9. The molecule has 0 aromatic carbocycles. The molecule has 0 aromatic rings. The van der Waals surface area contributed by atoms with E-state index < -0.39 is 33.8 Å². The number of nitrogens with one attached hydrogen (secondary N) is 1. The van der Waals surface area contributed by atoms with E-state index in [1.807, 2.05) is 4.72 Å². The van der Waals surface area contributed by atoms with Crippen molar-refractivity contribution in [2.45, 2.75) is 25.8 Å². The Hall–Kier alpha value is -1.19. The molecule has 0 aromatic heterocycles. The van der Waals surface area contributed by atoms with Crippen molar-refractivity contribution < 1.29 is 32.6 Å². The summed E-state index contributed by atoms with van der Waals surface area (Å²) in [5, 5.41) is 8.89. The minimum Gasteiger partial charge on any atom is -0.480 e. The number of ether oxygens (including phenoxy) is 2. The Kier molecular flexibility index (Phi) is 8.28. The summed E-state index contributed by atoms with van der Waals surface area (Å²) in [7, 11) is -2.57. The fraction of sp³-hybridized carbons (Fsp3) is 0.800. The van der Waals surface area contributed by atoms with E-state index in [0.717, 1.165) is 0 Å². The van der Waals surface area contributed by atoms with Crippen molar-refractivity contribution in [3.05, 3.63) is 0 Å². The summed E-state index contributed by atoms with van der Waals surface area (Å²) >= 11 is 0. The second kappa shape index (κ2) is 8.83. The van der Waals surface area contributed by atoms with Crippen molar-refractivity contribution in [3.8, 4) is 0 Å². The Morgan fingerprint density at radius 1 is 1.37 bits per heavy atom. The Morgan fingerprint density at radius 2 is 2.00 bits per heavy atom. The van der Waals surface area contributed by atoms with Crippen molar-refractivity contribution >= 4 is 22.0 Å². The van der Waals surface area contributed by atoms with Crippen molar-refractivity contribution in [1.29, 1.82) is 0 Å². The maximum absolute atomic E-state index is 11.6. The molecule has 0 fully saturated rings. The third-order valence-corrected chi connectivity index (χ3v) is 3.33. The smallest absolute Gasteiger partial charge is 0.322 e. The average Bonchev–Trinajstić information content (AvgIpc) is 2.27. The molecule has 1 atom stereocenters. The fourth-order valence-corrected chi connectivity index (χ4v) is 2.41. The summed E-state index contributed by atoms with van der Waals surface area (Å²) in [5.74, 6) is -3.12. The summed E-state index contributed by atoms with van der Waals surface area (Å²) in [4.78, 5) is 22.0. The van der Waals surface area contributed by atoms with Gasteiger partial charge < -0.3 is 14.6 Å². The van der Waals surface area contributed by atoms with Gasteiger partial charge in [-0.2, -0.15) is 0 Å². The van der Waals surface area contributed by atoms with Crippen molar-refractivity contribution in [2.24, 2.45) is 0 Å². The van der Waals surface area contributed by atoms with Crippen LogP contribution in [-0.4, -0.2) is 57.6 Å². The quantitative estimate of drug-likeness (QED) is 0.406. The Bertz CT molecular complexity index is 393. The van der Waals surface area contributed by atoms with E-state index in [1.54, 1.807) is 6.92 Å². The summed E-state index contributed by atoms with van der Waals surface area (Å²) < 4.78 is 34.3. The lowest BCUT2D eigenvalue weighted by molar-refractivity contribution is -0.141. The Morgan fingerprint density at radius 3 is 2.47 bits per heavy atom. The van der Waals surface area contributed by atoms with E-state index in [0.29, 0.717) is 13.0 Å². The highest BCUT2D eigenvalue weighted by molar-refractivity contribution is 7.90. The van der Waals surface area contributed by atoms with Crippen LogP contribution in [0.2, 0.25) is 0 Å². The van der Waals surface area contributed by atoms with Crippen LogP contribution in [0.25, 0.3) is 0 Å². The molecule has 0 radical (unpaired) electrons. The largest absolute Gasteiger partial charge is 0.480 e. The van der Waals surface area contributed by atoms with Gasteiger partial charge in [-0.3, -0.25) is 9.59 Å². The lowest BCUT2D eigenvalue weighted by atomic mass is 10.2. The van der Waals surface area contributed by atoms with Gasteiger partial charge in [0, 0.05) is 13.7 Å². The third-order valence-electron chi connectivity index (χ3n) is 2.07. The number of aliphatic carboxylic acids is 1. The van der Waals surface area contributed by atoms with Crippen LogP contribution in [-0.2, 0) is 29.1 Å². The maximum atomic E-state index is 11.6. The molecule has 8 nitrogen and oxygen atoms in total. The van der Waals surface area contributed by atoms with Crippen molar-refractivity contribution in [3.63, 3.8) is 0 Å². The molecule has 2 N–H and O–H groups in total. The number of esters is 1. The first-order valence-electron chi connectivity index (χ1n) is 5.69. The van der Waals surface area contributed by atoms with Crippen LogP contribution in [0.3, 0.4) is 0 Å². The molecule has 0 spiro atoms. The highest BCUT2D eigenvalue weighted by Gasteiger charge is 2.26. The van der Waals surface area contributed by atoms with Gasteiger partial charge in [-0.1, -0.05) is 0 Å². The summed E-state index contributed by atoms with van der Waals surface area (Å²) in [6.45, 7) is 1.93. The maximum Gasteiger partial charge on any atom is 0.322 e. The molecule has 0 amide bonds. The first-order valence-corrected chi connectivity index (χ1v) is 7.35. The number of hydrogen-bond donors (Lipinski definition) is 2. The molecule has 0 heterocycles. The monoisotopic (exact) mass is 297 g/mol. The van der Waals surface area contributed by atoms with Gasteiger partial charge in [-0.05, 0) is 19.8 Å². The van der Waals surface area contributed by atoms with E-state index in [4.69, 9.17) is 9.84 Å². The van der Waals surface area contributed by atoms with Crippen LogP contribution in [0, 0.1) is 0 Å². The molecule has 0 aliphatic heterocycles. The Balaban J connectivity index is 4.47. The van der Waals surface area contributed by atoms with Crippen LogP contribution in [0.1, 0.15) is 19.8 Å². The second-order valence-corrected chi connectivity index (χ2v) is 5.46. The molecule has 19 heavy (non-hydrogen) atoms. The molecular formula is C10H19NO7S. The summed E-state index contributed by atoms with van der Waals surface area (Å²) in [6, 6.07) is -1.28. The predicted molar refractivity (Wildman–Crippen MR) is 66.1 cm³/mol. The van der Waals surface area contributed by atoms with Gasteiger partial charge >= 0.3 is 11.9 Å². The van der Waals surface area contributed by atoms with Gasteiger partial charge in [0.2, 0.25) is 10.0 Å². The zero-order valence-electron chi connectivity index (χ0n) is 10.9. The average molecular weight is 297 g/mol. The second-order valence-electron chi connectivity index (χ2n) is 3.71. The number of sulfonamides is 1. The van der Waals surface area contributed by atoms with E-state index in [9.17, 15) is 18.0 Å². The van der Waals surface area contributed by atoms with Gasteiger partial charge in [0.05, 0.1) is 6.61 Å². The van der Waals surface area contributed by atoms with Gasteiger partial charge in [-0.15, -0.1) is 0 Å². The highest BCUT2D eigenvalue weighted by atomic mass is 32.2. The topological polar surface area (TPSA) is 119 Å². The number of carboxylic acids is 1. The molecule has 1 unspecified atom stereocenters. The number of hydrogen-bond acceptors (Lipinski definition) is 6. The minimum absolute atomic E-state index is 0.0601. The van der Waals surface area contributed by atoms with Crippen molar-refractivity contribution in [2.75, 3.05) is 26.1 Å². The Labute approximate surface area is 112 Å². The number of methoxy groups -OCH3 is 1. The SMILES string of the molecule is CCOC(=O)CS(=O)(=O)NC(CCCOC)C(=O)O. The molecule has 9 heteroatoms. The standard InChI is InChI=1S/C10H19NO7S/c1-3-18-9(12)7-19(15,16)11-8(10(13)14)5-4-6-17-2/h8,11H,3-7H2,1-2H3,(H,13,14). The predicted octanol–water partition coefficient (Wildman–Crippen LogP) is -0.651. The molecule has 0 bridgehead atoms. The molecule has 0 saturated heterocycles. The number of carbonyl (C=O) groups excluding carboxylic acids is 1. The molecule has 0 saturated carbocycles. The zero-order chi connectivity index (χ0) is 14.9. The zero-order valence-corrected chi connectivity index (χ0v) is 11.7. The molecule has 0 aliphatic rings. The first-order chi connectivity index (χ1) is 8.82. The fourth-order valence-electron chi connectivity index (χ4n) is 1.28.